The molecule has 3 nitrogen and oxygen atoms in total. The van der Waals surface area contributed by atoms with Crippen LogP contribution in [-0.4, -0.2) is 11.6 Å². The Balaban J connectivity index is 1.35. The summed E-state index contributed by atoms with van der Waals surface area (Å²) in [5.74, 6) is 1.45. The van der Waals surface area contributed by atoms with E-state index in [4.69, 9.17) is 4.74 Å². The van der Waals surface area contributed by atoms with E-state index in [1.54, 1.807) is 0 Å². The average molecular weight is 536 g/mol. The maximum atomic E-state index is 12.8. The maximum Gasteiger partial charge on any atom is 0.412 e. The summed E-state index contributed by atoms with van der Waals surface area (Å²) < 4.78 is 5.70. The van der Waals surface area contributed by atoms with Gasteiger partial charge >= 0.3 is 6.09 Å². The van der Waals surface area contributed by atoms with Gasteiger partial charge in [-0.1, -0.05) is 60.4 Å². The molecule has 0 saturated heterocycles. The maximum absolute atomic E-state index is 12.8. The number of carbonyl (C=O) groups excluding carboxylic acids is 1. The highest BCUT2D eigenvalue weighted by molar-refractivity contribution is 5.69. The van der Waals surface area contributed by atoms with Crippen molar-refractivity contribution >= 4 is 6.09 Å². The third kappa shape index (κ3) is 10.1. The van der Waals surface area contributed by atoms with Crippen molar-refractivity contribution in [2.45, 2.75) is 144 Å². The van der Waals surface area contributed by atoms with Crippen LogP contribution in [0.2, 0.25) is 0 Å². The SMILES string of the molecule is CC(C)=CCC/C(C)=C/CC/C(C)=C/CC/C(C)=C/C/C=C(\C)OC(=O)NC12CC3CC(C)(CC(C)(C3)C1)C2. The van der Waals surface area contributed by atoms with Crippen LogP contribution in [0.3, 0.4) is 0 Å². The van der Waals surface area contributed by atoms with Gasteiger partial charge in [-0.15, -0.1) is 0 Å². The summed E-state index contributed by atoms with van der Waals surface area (Å²) in [6, 6.07) is 0. The zero-order valence-electron chi connectivity index (χ0n) is 26.5. The normalized spacial score (nSPS) is 30.9. The van der Waals surface area contributed by atoms with Gasteiger partial charge in [0.05, 0.1) is 0 Å². The number of hydrogen-bond donors (Lipinski definition) is 1. The van der Waals surface area contributed by atoms with Gasteiger partial charge in [0.15, 0.2) is 0 Å². The Bertz CT molecular complexity index is 1000. The Morgan fingerprint density at radius 3 is 1.74 bits per heavy atom. The van der Waals surface area contributed by atoms with Crippen molar-refractivity contribution in [3.05, 3.63) is 58.4 Å². The number of amides is 1. The summed E-state index contributed by atoms with van der Waals surface area (Å²) in [5.41, 5.74) is 6.46. The molecule has 0 aromatic rings. The predicted molar refractivity (Wildman–Crippen MR) is 167 cm³/mol. The summed E-state index contributed by atoms with van der Waals surface area (Å²) in [7, 11) is 0. The molecule has 4 fully saturated rings. The number of alkyl carbamates (subject to hydrolysis) is 1. The summed E-state index contributed by atoms with van der Waals surface area (Å²) in [4.78, 5) is 12.8. The van der Waals surface area contributed by atoms with Crippen molar-refractivity contribution in [1.29, 1.82) is 0 Å². The topological polar surface area (TPSA) is 38.3 Å². The Kier molecular flexibility index (Phi) is 10.9. The van der Waals surface area contributed by atoms with Crippen molar-refractivity contribution in [2.24, 2.45) is 16.7 Å². The van der Waals surface area contributed by atoms with E-state index in [2.05, 4.69) is 78.1 Å². The van der Waals surface area contributed by atoms with Crippen molar-refractivity contribution < 1.29 is 9.53 Å². The minimum Gasteiger partial charge on any atom is -0.416 e. The Hall–Kier alpha value is -2.03. The first-order valence-corrected chi connectivity index (χ1v) is 15.6. The lowest BCUT2D eigenvalue weighted by molar-refractivity contribution is -0.115. The van der Waals surface area contributed by atoms with E-state index in [0.29, 0.717) is 16.6 Å². The lowest BCUT2D eigenvalue weighted by atomic mass is 9.43. The van der Waals surface area contributed by atoms with E-state index < -0.39 is 0 Å². The third-order valence-corrected chi connectivity index (χ3v) is 9.27. The van der Waals surface area contributed by atoms with Crippen LogP contribution < -0.4 is 5.32 Å². The minimum absolute atomic E-state index is 0.0665. The molecule has 0 aromatic carbocycles. The quantitative estimate of drug-likeness (QED) is 0.188. The van der Waals surface area contributed by atoms with E-state index in [9.17, 15) is 4.79 Å². The van der Waals surface area contributed by atoms with Crippen molar-refractivity contribution in [2.75, 3.05) is 0 Å². The van der Waals surface area contributed by atoms with Crippen LogP contribution in [0.1, 0.15) is 139 Å². The van der Waals surface area contributed by atoms with Crippen LogP contribution in [0.4, 0.5) is 4.79 Å². The number of hydrogen-bond acceptors (Lipinski definition) is 2. The molecule has 0 heterocycles. The molecular formula is C36H57NO2. The molecule has 4 aliphatic rings. The molecule has 218 valence electrons. The molecular weight excluding hydrogens is 478 g/mol. The highest BCUT2D eigenvalue weighted by atomic mass is 16.6. The van der Waals surface area contributed by atoms with E-state index in [-0.39, 0.29) is 11.6 Å². The standard InChI is InChI=1S/C36H57NO2/c1-27(2)13-9-14-28(3)15-10-16-29(4)17-11-18-30(5)19-12-20-31(6)39-33(38)37-36-23-32-21-34(7,25-36)24-35(8,22-32)26-36/h13,15,17,19-20,32H,9-12,14,16,18,21-26H2,1-8H3,(H,37,38)/b28-15+,29-17+,30-19+,31-20+. The number of rotatable bonds is 13. The van der Waals surface area contributed by atoms with Crippen molar-refractivity contribution in [3.63, 3.8) is 0 Å². The monoisotopic (exact) mass is 535 g/mol. The van der Waals surface area contributed by atoms with Gasteiger partial charge in [-0.3, -0.25) is 0 Å². The van der Waals surface area contributed by atoms with Crippen LogP contribution in [0.25, 0.3) is 0 Å². The van der Waals surface area contributed by atoms with Crippen LogP contribution in [0.5, 0.6) is 0 Å². The van der Waals surface area contributed by atoms with Crippen LogP contribution in [-0.2, 0) is 4.74 Å². The van der Waals surface area contributed by atoms with Gasteiger partial charge in [-0.05, 0) is 148 Å². The lowest BCUT2D eigenvalue weighted by Gasteiger charge is -2.65. The second-order valence-electron chi connectivity index (χ2n) is 14.5. The van der Waals surface area contributed by atoms with Crippen molar-refractivity contribution in [3.8, 4) is 0 Å². The summed E-state index contributed by atoms with van der Waals surface area (Å²) in [6.45, 7) is 17.8. The van der Waals surface area contributed by atoms with Crippen LogP contribution in [0, 0.1) is 16.7 Å². The Morgan fingerprint density at radius 2 is 1.23 bits per heavy atom. The molecule has 1 amide bonds. The van der Waals surface area contributed by atoms with E-state index in [1.807, 2.05) is 13.0 Å². The molecule has 2 atom stereocenters. The average Bonchev–Trinajstić information content (AvgIpc) is 2.75. The zero-order valence-corrected chi connectivity index (χ0v) is 26.5. The van der Waals surface area contributed by atoms with Crippen molar-refractivity contribution in [1.82, 2.24) is 5.32 Å². The predicted octanol–water partition coefficient (Wildman–Crippen LogP) is 10.9. The fraction of sp³-hybridized carbons (Fsp3) is 0.694. The van der Waals surface area contributed by atoms with Gasteiger partial charge in [0.2, 0.25) is 0 Å². The second-order valence-corrected chi connectivity index (χ2v) is 14.5. The van der Waals surface area contributed by atoms with Crippen LogP contribution in [0.15, 0.2) is 58.4 Å². The number of nitrogens with one attached hydrogen (secondary N) is 1. The molecule has 2 unspecified atom stereocenters. The smallest absolute Gasteiger partial charge is 0.412 e. The number of allylic oxidation sites excluding steroid dienone is 10. The Morgan fingerprint density at radius 1 is 0.718 bits per heavy atom. The zero-order chi connectivity index (χ0) is 28.7. The molecule has 4 aliphatic carbocycles. The highest BCUT2D eigenvalue weighted by Crippen LogP contribution is 2.66. The highest BCUT2D eigenvalue weighted by Gasteiger charge is 2.60. The largest absolute Gasteiger partial charge is 0.416 e. The lowest BCUT2D eigenvalue weighted by Crippen LogP contribution is -2.65. The minimum atomic E-state index is -0.267. The van der Waals surface area contributed by atoms with E-state index >= 15 is 0 Å². The van der Waals surface area contributed by atoms with E-state index in [1.165, 1.54) is 48.0 Å². The van der Waals surface area contributed by atoms with Gasteiger partial charge in [-0.25, -0.2) is 4.79 Å². The molecule has 0 aromatic heterocycles. The molecule has 4 rings (SSSR count). The molecule has 4 bridgehead atoms. The van der Waals surface area contributed by atoms with E-state index in [0.717, 1.165) is 63.7 Å². The number of carbonyl (C=O) groups is 1. The summed E-state index contributed by atoms with van der Waals surface area (Å²) >= 11 is 0. The molecule has 3 heteroatoms. The third-order valence-electron chi connectivity index (χ3n) is 9.27. The first kappa shape index (κ1) is 31.5. The molecule has 4 saturated carbocycles. The first-order valence-electron chi connectivity index (χ1n) is 15.6. The fourth-order valence-corrected chi connectivity index (χ4v) is 8.43. The fourth-order valence-electron chi connectivity index (χ4n) is 8.43. The van der Waals surface area contributed by atoms with Crippen LogP contribution >= 0.6 is 0 Å². The second kappa shape index (κ2) is 13.6. The van der Waals surface area contributed by atoms with Gasteiger partial charge < -0.3 is 10.1 Å². The molecule has 39 heavy (non-hydrogen) atoms. The molecule has 0 aliphatic heterocycles. The van der Waals surface area contributed by atoms with Gasteiger partial charge in [-0.2, -0.15) is 0 Å². The van der Waals surface area contributed by atoms with Gasteiger partial charge in [0.1, 0.15) is 5.76 Å². The first-order chi connectivity index (χ1) is 18.3. The molecule has 0 radical (unpaired) electrons. The molecule has 0 spiro atoms. The summed E-state index contributed by atoms with van der Waals surface area (Å²) in [5, 5.41) is 3.35. The summed E-state index contributed by atoms with van der Waals surface area (Å²) in [6.07, 6.45) is 26.0. The van der Waals surface area contributed by atoms with Gasteiger partial charge in [0, 0.05) is 5.54 Å². The number of ether oxygens (including phenoxy) is 1. The Labute approximate surface area is 240 Å². The molecule has 1 N–H and O–H groups in total. The van der Waals surface area contributed by atoms with Gasteiger partial charge in [0.25, 0.3) is 0 Å².